The molecule has 4 N–H and O–H groups in total. The largest absolute Gasteiger partial charge is 0.366 e. The zero-order valence-corrected chi connectivity index (χ0v) is 17.2. The first-order chi connectivity index (χ1) is 12.8. The lowest BCUT2D eigenvalue weighted by atomic mass is 9.92. The van der Waals surface area contributed by atoms with E-state index in [4.69, 9.17) is 5.73 Å². The summed E-state index contributed by atoms with van der Waals surface area (Å²) in [5.74, 6) is 0.137. The van der Waals surface area contributed by atoms with Gasteiger partial charge in [-0.15, -0.1) is 11.3 Å². The minimum Gasteiger partial charge on any atom is -0.366 e. The van der Waals surface area contributed by atoms with Gasteiger partial charge in [0.05, 0.1) is 12.1 Å². The Bertz CT molecular complexity index is 768. The van der Waals surface area contributed by atoms with Crippen LogP contribution in [0.3, 0.4) is 0 Å². The number of hydrogen-bond donors (Lipinski definition) is 3. The van der Waals surface area contributed by atoms with Gasteiger partial charge in [0, 0.05) is 6.04 Å². The third-order valence-electron chi connectivity index (χ3n) is 4.81. The molecular formula is C21H29N3O2S. The molecule has 0 fully saturated rings. The molecule has 0 saturated heterocycles. The molecule has 2 rings (SSSR count). The van der Waals surface area contributed by atoms with Crippen LogP contribution in [-0.4, -0.2) is 18.4 Å². The van der Waals surface area contributed by atoms with E-state index in [1.165, 1.54) is 22.5 Å². The summed E-state index contributed by atoms with van der Waals surface area (Å²) in [6.07, 6.45) is 1.11. The maximum atomic E-state index is 12.3. The zero-order chi connectivity index (χ0) is 20.0. The summed E-state index contributed by atoms with van der Waals surface area (Å²) in [5, 5.41) is 8.33. The van der Waals surface area contributed by atoms with Crippen LogP contribution in [0.15, 0.2) is 35.7 Å². The lowest BCUT2D eigenvalue weighted by Gasteiger charge is -2.23. The first kappa shape index (κ1) is 21.1. The molecule has 0 aliphatic carbocycles. The van der Waals surface area contributed by atoms with Crippen LogP contribution in [0.1, 0.15) is 67.6 Å². The Morgan fingerprint density at radius 2 is 1.70 bits per heavy atom. The number of nitrogens with two attached hydrogens (primary N) is 1. The van der Waals surface area contributed by atoms with Crippen LogP contribution in [0.25, 0.3) is 0 Å². The Morgan fingerprint density at radius 3 is 2.26 bits per heavy atom. The second kappa shape index (κ2) is 9.67. The van der Waals surface area contributed by atoms with E-state index in [1.807, 2.05) is 0 Å². The molecule has 5 nitrogen and oxygen atoms in total. The Hall–Kier alpha value is -2.18. The molecule has 27 heavy (non-hydrogen) atoms. The summed E-state index contributed by atoms with van der Waals surface area (Å²) in [4.78, 5) is 23.7. The summed E-state index contributed by atoms with van der Waals surface area (Å²) in [6.45, 7) is 8.83. The predicted octanol–water partition coefficient (Wildman–Crippen LogP) is 4.29. The van der Waals surface area contributed by atoms with E-state index in [2.05, 4.69) is 62.6 Å². The summed E-state index contributed by atoms with van der Waals surface area (Å²) in [7, 11) is 0. The van der Waals surface area contributed by atoms with Gasteiger partial charge in [-0.25, -0.2) is 0 Å². The van der Waals surface area contributed by atoms with Crippen LogP contribution in [0.4, 0.5) is 5.00 Å². The Morgan fingerprint density at radius 1 is 1.07 bits per heavy atom. The van der Waals surface area contributed by atoms with Crippen molar-refractivity contribution >= 4 is 28.2 Å². The van der Waals surface area contributed by atoms with E-state index in [0.717, 1.165) is 6.42 Å². The van der Waals surface area contributed by atoms with Gasteiger partial charge in [0.1, 0.15) is 5.00 Å². The van der Waals surface area contributed by atoms with Crippen molar-refractivity contribution < 1.29 is 9.59 Å². The second-order valence-corrected chi connectivity index (χ2v) is 8.07. The van der Waals surface area contributed by atoms with Crippen molar-refractivity contribution in [1.82, 2.24) is 5.32 Å². The van der Waals surface area contributed by atoms with Gasteiger partial charge in [0.25, 0.3) is 5.91 Å². The molecule has 2 aromatic rings. The van der Waals surface area contributed by atoms with Crippen LogP contribution in [0.5, 0.6) is 0 Å². The number of hydrogen-bond acceptors (Lipinski definition) is 4. The van der Waals surface area contributed by atoms with Gasteiger partial charge in [-0.05, 0) is 40.8 Å². The number of amides is 2. The first-order valence-electron chi connectivity index (χ1n) is 9.33. The Kier molecular flexibility index (Phi) is 7.56. The molecule has 1 heterocycles. The fourth-order valence-corrected chi connectivity index (χ4v) is 3.79. The highest BCUT2D eigenvalue weighted by molar-refractivity contribution is 7.14. The lowest BCUT2D eigenvalue weighted by Crippen LogP contribution is -2.33. The third-order valence-corrected chi connectivity index (χ3v) is 5.64. The molecule has 6 heteroatoms. The number of rotatable bonds is 9. The van der Waals surface area contributed by atoms with E-state index in [1.54, 1.807) is 11.4 Å². The minimum atomic E-state index is -0.541. The van der Waals surface area contributed by atoms with Gasteiger partial charge in [-0.2, -0.15) is 0 Å². The standard InChI is InChI=1S/C21H29N3O2S/c1-5-14(4)15-6-8-16(9-7-15)19(13(2)3)23-12-18(25)24-21-17(20(22)26)10-11-27-21/h6-11,13-14,19,23H,5,12H2,1-4H3,(H2,22,26)(H,24,25)/t14-,19+/m1/s1. The quantitative estimate of drug-likeness (QED) is 0.600. The molecule has 0 radical (unpaired) electrons. The molecular weight excluding hydrogens is 358 g/mol. The third kappa shape index (κ3) is 5.65. The van der Waals surface area contributed by atoms with E-state index in [0.29, 0.717) is 22.4 Å². The Labute approximate surface area is 165 Å². The molecule has 2 atom stereocenters. The number of carbonyl (C=O) groups is 2. The molecule has 0 unspecified atom stereocenters. The molecule has 0 aliphatic heterocycles. The maximum absolute atomic E-state index is 12.3. The van der Waals surface area contributed by atoms with Gasteiger partial charge in [0.2, 0.25) is 5.91 Å². The molecule has 1 aromatic carbocycles. The molecule has 0 bridgehead atoms. The van der Waals surface area contributed by atoms with Crippen molar-refractivity contribution in [2.24, 2.45) is 11.7 Å². The smallest absolute Gasteiger partial charge is 0.251 e. The number of thiophene rings is 1. The number of anilines is 1. The van der Waals surface area contributed by atoms with E-state index >= 15 is 0 Å². The van der Waals surface area contributed by atoms with Crippen LogP contribution >= 0.6 is 11.3 Å². The number of carbonyl (C=O) groups excluding carboxylic acids is 2. The van der Waals surface area contributed by atoms with E-state index in [-0.39, 0.29) is 18.5 Å². The average Bonchev–Trinajstić information content (AvgIpc) is 3.09. The lowest BCUT2D eigenvalue weighted by molar-refractivity contribution is -0.115. The molecule has 1 aromatic heterocycles. The van der Waals surface area contributed by atoms with Crippen LogP contribution in [0.2, 0.25) is 0 Å². The normalized spacial score (nSPS) is 13.4. The van der Waals surface area contributed by atoms with Crippen molar-refractivity contribution in [3.63, 3.8) is 0 Å². The fourth-order valence-electron chi connectivity index (χ4n) is 2.98. The van der Waals surface area contributed by atoms with E-state index < -0.39 is 5.91 Å². The summed E-state index contributed by atoms with van der Waals surface area (Å²) >= 11 is 1.29. The first-order valence-corrected chi connectivity index (χ1v) is 10.2. The van der Waals surface area contributed by atoms with Crippen LogP contribution < -0.4 is 16.4 Å². The summed E-state index contributed by atoms with van der Waals surface area (Å²) < 4.78 is 0. The monoisotopic (exact) mass is 387 g/mol. The van der Waals surface area contributed by atoms with Crippen molar-refractivity contribution in [3.05, 3.63) is 52.4 Å². The van der Waals surface area contributed by atoms with Crippen LogP contribution in [-0.2, 0) is 4.79 Å². The zero-order valence-electron chi connectivity index (χ0n) is 16.4. The van der Waals surface area contributed by atoms with Gasteiger partial charge in [-0.1, -0.05) is 52.0 Å². The van der Waals surface area contributed by atoms with Crippen molar-refractivity contribution in [3.8, 4) is 0 Å². The topological polar surface area (TPSA) is 84.2 Å². The number of benzene rings is 1. The van der Waals surface area contributed by atoms with Crippen molar-refractivity contribution in [2.45, 2.75) is 46.1 Å². The second-order valence-electron chi connectivity index (χ2n) is 7.15. The fraction of sp³-hybridized carbons (Fsp3) is 0.429. The Balaban J connectivity index is 2.00. The van der Waals surface area contributed by atoms with Gasteiger partial charge >= 0.3 is 0 Å². The molecule has 0 spiro atoms. The SMILES string of the molecule is CC[C@@H](C)c1ccc([C@@H](NCC(=O)Nc2sccc2C(N)=O)C(C)C)cc1. The van der Waals surface area contributed by atoms with Gasteiger partial charge < -0.3 is 16.4 Å². The molecule has 0 aliphatic rings. The highest BCUT2D eigenvalue weighted by Crippen LogP contribution is 2.26. The predicted molar refractivity (Wildman–Crippen MR) is 112 cm³/mol. The van der Waals surface area contributed by atoms with Gasteiger partial charge in [-0.3, -0.25) is 9.59 Å². The van der Waals surface area contributed by atoms with E-state index in [9.17, 15) is 9.59 Å². The highest BCUT2D eigenvalue weighted by Gasteiger charge is 2.18. The molecule has 0 saturated carbocycles. The summed E-state index contributed by atoms with van der Waals surface area (Å²) in [6, 6.07) is 10.3. The average molecular weight is 388 g/mol. The number of primary amides is 1. The van der Waals surface area contributed by atoms with Crippen LogP contribution in [0, 0.1) is 5.92 Å². The van der Waals surface area contributed by atoms with Gasteiger partial charge in [0.15, 0.2) is 0 Å². The number of nitrogens with one attached hydrogen (secondary N) is 2. The highest BCUT2D eigenvalue weighted by atomic mass is 32.1. The molecule has 146 valence electrons. The molecule has 2 amide bonds. The minimum absolute atomic E-state index is 0.0701. The summed E-state index contributed by atoms with van der Waals surface area (Å²) in [5.41, 5.74) is 8.16. The van der Waals surface area contributed by atoms with Crippen molar-refractivity contribution in [2.75, 3.05) is 11.9 Å². The maximum Gasteiger partial charge on any atom is 0.251 e. The van der Waals surface area contributed by atoms with Crippen molar-refractivity contribution in [1.29, 1.82) is 0 Å².